The van der Waals surface area contributed by atoms with E-state index in [9.17, 15) is 19.0 Å². The van der Waals surface area contributed by atoms with Gasteiger partial charge in [0, 0.05) is 19.4 Å². The van der Waals surface area contributed by atoms with E-state index in [-0.39, 0.29) is 32.0 Å². The number of ether oxygens (including phenoxy) is 2. The van der Waals surface area contributed by atoms with Crippen LogP contribution in [0.5, 0.6) is 0 Å². The number of carbonyl (C=O) groups excluding carboxylic acids is 2. The molecule has 0 saturated heterocycles. The lowest BCUT2D eigenvalue weighted by Gasteiger charge is -2.20. The quantitative estimate of drug-likeness (QED) is 0.0267. The Bertz CT molecular complexity index is 1010. The van der Waals surface area contributed by atoms with Crippen molar-refractivity contribution in [2.45, 2.75) is 238 Å². The summed E-state index contributed by atoms with van der Waals surface area (Å²) < 4.78 is 33.3. The minimum atomic E-state index is -4.35. The number of likely N-dealkylation sites (N-methyl/N-ethyl adjacent to an activating group) is 1. The zero-order chi connectivity index (χ0) is 42.5. The molecule has 2 unspecified atom stereocenters. The summed E-state index contributed by atoms with van der Waals surface area (Å²) in [4.78, 5) is 35.2. The lowest BCUT2D eigenvalue weighted by Crippen LogP contribution is -2.29. The normalized spacial score (nSPS) is 13.4. The summed E-state index contributed by atoms with van der Waals surface area (Å²) in [6.45, 7) is 4.24. The van der Waals surface area contributed by atoms with E-state index in [2.05, 4.69) is 43.5 Å². The standard InChI is InChI=1S/C48H92NO8P/c1-4-6-8-10-12-14-16-18-20-22-23-25-27-29-31-33-35-37-39-41-48(51)57-46(45-56-58(52,53)55-43-42-49-3)44-54-47(50)40-38-36-34-32-30-28-26-24-21-19-17-15-13-11-9-7-5-2/h18-21,46,49H,4-17,22-45H2,1-3H3,(H,52,53)/b20-18-,21-19-. The van der Waals surface area contributed by atoms with Crippen molar-refractivity contribution < 1.29 is 37.6 Å². The Labute approximate surface area is 357 Å². The number of phosphoric acid groups is 1. The van der Waals surface area contributed by atoms with Crippen molar-refractivity contribution in [3.63, 3.8) is 0 Å². The predicted octanol–water partition coefficient (Wildman–Crippen LogP) is 14.2. The van der Waals surface area contributed by atoms with Crippen molar-refractivity contribution in [3.8, 4) is 0 Å². The average Bonchev–Trinajstić information content (AvgIpc) is 3.21. The minimum absolute atomic E-state index is 0.0165. The van der Waals surface area contributed by atoms with Gasteiger partial charge >= 0.3 is 19.8 Å². The van der Waals surface area contributed by atoms with E-state index in [1.54, 1.807) is 7.05 Å². The molecule has 0 amide bonds. The second kappa shape index (κ2) is 45.0. The molecule has 0 aromatic heterocycles. The molecule has 10 heteroatoms. The minimum Gasteiger partial charge on any atom is -0.462 e. The van der Waals surface area contributed by atoms with E-state index < -0.39 is 26.5 Å². The third-order valence-electron chi connectivity index (χ3n) is 10.5. The molecule has 58 heavy (non-hydrogen) atoms. The lowest BCUT2D eigenvalue weighted by atomic mass is 10.1. The molecular weight excluding hydrogens is 750 g/mol. The maximum atomic E-state index is 12.7. The van der Waals surface area contributed by atoms with Gasteiger partial charge in [0.1, 0.15) is 6.61 Å². The van der Waals surface area contributed by atoms with Crippen LogP contribution in [0.3, 0.4) is 0 Å². The number of allylic oxidation sites excluding steroid dienone is 4. The summed E-state index contributed by atoms with van der Waals surface area (Å²) in [7, 11) is -2.65. The number of carbonyl (C=O) groups is 2. The smallest absolute Gasteiger partial charge is 0.462 e. The lowest BCUT2D eigenvalue weighted by molar-refractivity contribution is -0.161. The molecule has 0 heterocycles. The van der Waals surface area contributed by atoms with Crippen LogP contribution in [-0.2, 0) is 32.7 Å². The van der Waals surface area contributed by atoms with Gasteiger partial charge in [-0.05, 0) is 71.3 Å². The number of nitrogens with one attached hydrogen (secondary N) is 1. The SMILES string of the molecule is CCCCCCCC/C=C\CCCCCCCCCCCC(=O)OC(COC(=O)CCCCCCCCC/C=C\CCCCCCCC)COP(=O)(O)OCCNC. The molecule has 9 nitrogen and oxygen atoms in total. The number of rotatable bonds is 46. The summed E-state index contributed by atoms with van der Waals surface area (Å²) >= 11 is 0. The molecule has 0 aromatic carbocycles. The molecule has 0 fully saturated rings. The van der Waals surface area contributed by atoms with Crippen molar-refractivity contribution >= 4 is 19.8 Å². The third kappa shape index (κ3) is 44.1. The van der Waals surface area contributed by atoms with Crippen molar-refractivity contribution in [1.29, 1.82) is 0 Å². The Kier molecular flexibility index (Phi) is 43.9. The number of unbranched alkanes of at least 4 members (excludes halogenated alkanes) is 28. The summed E-state index contributed by atoms with van der Waals surface area (Å²) in [5.74, 6) is -0.805. The second-order valence-corrected chi connectivity index (χ2v) is 17.7. The summed E-state index contributed by atoms with van der Waals surface area (Å²) in [6.07, 6.45) is 47.9. The Balaban J connectivity index is 4.14. The fourth-order valence-electron chi connectivity index (χ4n) is 6.84. The highest BCUT2D eigenvalue weighted by Gasteiger charge is 2.26. The second-order valence-electron chi connectivity index (χ2n) is 16.3. The molecule has 2 atom stereocenters. The topological polar surface area (TPSA) is 120 Å². The molecule has 0 bridgehead atoms. The van der Waals surface area contributed by atoms with Crippen molar-refractivity contribution in [3.05, 3.63) is 24.3 Å². The fraction of sp³-hybridized carbons (Fsp3) is 0.875. The Morgan fingerprint density at radius 2 is 0.879 bits per heavy atom. The van der Waals surface area contributed by atoms with Crippen molar-refractivity contribution in [1.82, 2.24) is 5.32 Å². The number of hydrogen-bond acceptors (Lipinski definition) is 8. The molecule has 0 saturated carbocycles. The van der Waals surface area contributed by atoms with Gasteiger partial charge in [-0.1, -0.05) is 179 Å². The first-order chi connectivity index (χ1) is 28.3. The molecule has 0 aliphatic carbocycles. The van der Waals surface area contributed by atoms with E-state index in [0.29, 0.717) is 13.0 Å². The van der Waals surface area contributed by atoms with Gasteiger partial charge in [0.05, 0.1) is 13.2 Å². The van der Waals surface area contributed by atoms with E-state index >= 15 is 0 Å². The van der Waals surface area contributed by atoms with Gasteiger partial charge in [-0.15, -0.1) is 0 Å². The van der Waals surface area contributed by atoms with Crippen LogP contribution in [-0.4, -0.2) is 56.3 Å². The van der Waals surface area contributed by atoms with Crippen molar-refractivity contribution in [2.24, 2.45) is 0 Å². The fourth-order valence-corrected chi connectivity index (χ4v) is 7.59. The Morgan fingerprint density at radius 3 is 1.28 bits per heavy atom. The van der Waals surface area contributed by atoms with E-state index in [1.165, 1.54) is 161 Å². The predicted molar refractivity (Wildman–Crippen MR) is 243 cm³/mol. The van der Waals surface area contributed by atoms with Gasteiger partial charge in [0.15, 0.2) is 6.10 Å². The summed E-state index contributed by atoms with van der Waals surface area (Å²) in [6, 6.07) is 0. The van der Waals surface area contributed by atoms with Gasteiger partial charge < -0.3 is 19.7 Å². The monoisotopic (exact) mass is 842 g/mol. The van der Waals surface area contributed by atoms with E-state index in [1.807, 2.05) is 0 Å². The van der Waals surface area contributed by atoms with Gasteiger partial charge in [-0.25, -0.2) is 4.57 Å². The molecule has 342 valence electrons. The molecule has 0 spiro atoms. The van der Waals surface area contributed by atoms with Gasteiger partial charge in [-0.3, -0.25) is 18.6 Å². The van der Waals surface area contributed by atoms with Crippen LogP contribution in [0.25, 0.3) is 0 Å². The van der Waals surface area contributed by atoms with E-state index in [0.717, 1.165) is 38.5 Å². The maximum absolute atomic E-state index is 12.7. The molecule has 0 aromatic rings. The highest BCUT2D eigenvalue weighted by molar-refractivity contribution is 7.47. The molecule has 0 aliphatic heterocycles. The first kappa shape index (κ1) is 56.5. The molecule has 2 N–H and O–H groups in total. The van der Waals surface area contributed by atoms with Crippen LogP contribution < -0.4 is 5.32 Å². The number of hydrogen-bond donors (Lipinski definition) is 2. The first-order valence-electron chi connectivity index (χ1n) is 24.3. The van der Waals surface area contributed by atoms with Crippen LogP contribution >= 0.6 is 7.82 Å². The van der Waals surface area contributed by atoms with Crippen molar-refractivity contribution in [2.75, 3.05) is 33.4 Å². The van der Waals surface area contributed by atoms with E-state index in [4.69, 9.17) is 18.5 Å². The third-order valence-corrected chi connectivity index (χ3v) is 11.5. The molecule has 0 aliphatic rings. The summed E-state index contributed by atoms with van der Waals surface area (Å²) in [5, 5.41) is 2.83. The zero-order valence-electron chi connectivity index (χ0n) is 38.0. The van der Waals surface area contributed by atoms with Crippen LogP contribution in [0.2, 0.25) is 0 Å². The highest BCUT2D eigenvalue weighted by atomic mass is 31.2. The van der Waals surface area contributed by atoms with Gasteiger partial charge in [0.25, 0.3) is 0 Å². The first-order valence-corrected chi connectivity index (χ1v) is 25.8. The Hall–Kier alpha value is -1.51. The average molecular weight is 842 g/mol. The zero-order valence-corrected chi connectivity index (χ0v) is 38.9. The van der Waals surface area contributed by atoms with Gasteiger partial charge in [0.2, 0.25) is 0 Å². The van der Waals surface area contributed by atoms with Crippen LogP contribution in [0.15, 0.2) is 24.3 Å². The number of phosphoric ester groups is 1. The van der Waals surface area contributed by atoms with Crippen LogP contribution in [0.4, 0.5) is 0 Å². The van der Waals surface area contributed by atoms with Crippen LogP contribution in [0.1, 0.15) is 232 Å². The number of esters is 2. The van der Waals surface area contributed by atoms with Gasteiger partial charge in [-0.2, -0.15) is 0 Å². The Morgan fingerprint density at radius 1 is 0.517 bits per heavy atom. The largest absolute Gasteiger partial charge is 0.472 e. The molecular formula is C48H92NO8P. The highest BCUT2D eigenvalue weighted by Crippen LogP contribution is 2.43. The maximum Gasteiger partial charge on any atom is 0.472 e. The van der Waals surface area contributed by atoms with Crippen LogP contribution in [0, 0.1) is 0 Å². The molecule has 0 radical (unpaired) electrons. The summed E-state index contributed by atoms with van der Waals surface area (Å²) in [5.41, 5.74) is 0. The molecule has 0 rings (SSSR count).